The molecular formula is C14H17ClN4O. The summed E-state index contributed by atoms with van der Waals surface area (Å²) < 4.78 is 5.04. The highest BCUT2D eigenvalue weighted by atomic mass is 35.5. The van der Waals surface area contributed by atoms with Crippen molar-refractivity contribution in [3.63, 3.8) is 0 Å². The van der Waals surface area contributed by atoms with E-state index in [2.05, 4.69) is 40.9 Å². The number of nitrogens with zero attached hydrogens (tertiary/aromatic N) is 4. The summed E-state index contributed by atoms with van der Waals surface area (Å²) in [6, 6.07) is 10.6. The summed E-state index contributed by atoms with van der Waals surface area (Å²) in [6.45, 7) is 4.85. The van der Waals surface area contributed by atoms with E-state index in [9.17, 15) is 0 Å². The Morgan fingerprint density at radius 3 is 2.45 bits per heavy atom. The SMILES string of the molecule is COc1nc(Cl)nc(N(Cc2ccccc2)C(C)C)n1. The van der Waals surface area contributed by atoms with Gasteiger partial charge in [-0.15, -0.1) is 0 Å². The van der Waals surface area contributed by atoms with Gasteiger partial charge in [-0.25, -0.2) is 0 Å². The Bertz CT molecular complexity index is 562. The van der Waals surface area contributed by atoms with Gasteiger partial charge in [0.1, 0.15) is 0 Å². The largest absolute Gasteiger partial charge is 0.467 e. The molecule has 0 bridgehead atoms. The zero-order valence-electron chi connectivity index (χ0n) is 11.7. The number of methoxy groups -OCH3 is 1. The lowest BCUT2D eigenvalue weighted by Crippen LogP contribution is -2.32. The monoisotopic (exact) mass is 292 g/mol. The van der Waals surface area contributed by atoms with E-state index < -0.39 is 0 Å². The minimum Gasteiger partial charge on any atom is -0.467 e. The quantitative estimate of drug-likeness (QED) is 0.848. The zero-order chi connectivity index (χ0) is 14.5. The maximum atomic E-state index is 5.91. The molecule has 0 aliphatic heterocycles. The van der Waals surface area contributed by atoms with Crippen molar-refractivity contribution in [2.45, 2.75) is 26.4 Å². The number of hydrogen-bond acceptors (Lipinski definition) is 5. The number of aromatic nitrogens is 3. The summed E-state index contributed by atoms with van der Waals surface area (Å²) in [5.74, 6) is 0.515. The van der Waals surface area contributed by atoms with E-state index >= 15 is 0 Å². The van der Waals surface area contributed by atoms with Crippen LogP contribution in [0, 0.1) is 0 Å². The highest BCUT2D eigenvalue weighted by molar-refractivity contribution is 6.28. The van der Waals surface area contributed by atoms with Crippen LogP contribution in [0.15, 0.2) is 30.3 Å². The van der Waals surface area contributed by atoms with Crippen molar-refractivity contribution < 1.29 is 4.74 Å². The van der Waals surface area contributed by atoms with Gasteiger partial charge in [0.25, 0.3) is 0 Å². The van der Waals surface area contributed by atoms with E-state index in [4.69, 9.17) is 16.3 Å². The molecule has 1 heterocycles. The minimum atomic E-state index is 0.130. The van der Waals surface area contributed by atoms with Gasteiger partial charge in [0.2, 0.25) is 11.2 Å². The summed E-state index contributed by atoms with van der Waals surface area (Å²) in [5.41, 5.74) is 1.18. The van der Waals surface area contributed by atoms with Gasteiger partial charge in [0.15, 0.2) is 0 Å². The van der Waals surface area contributed by atoms with E-state index in [-0.39, 0.29) is 17.3 Å². The molecule has 6 heteroatoms. The zero-order valence-corrected chi connectivity index (χ0v) is 12.5. The van der Waals surface area contributed by atoms with Crippen LogP contribution in [0.25, 0.3) is 0 Å². The highest BCUT2D eigenvalue weighted by Gasteiger charge is 2.16. The smallest absolute Gasteiger partial charge is 0.322 e. The third-order valence-electron chi connectivity index (χ3n) is 2.83. The number of halogens is 1. The Kier molecular flexibility index (Phi) is 4.74. The molecule has 2 rings (SSSR count). The van der Waals surface area contributed by atoms with Crippen LogP contribution in [0.2, 0.25) is 5.28 Å². The number of hydrogen-bond donors (Lipinski definition) is 0. The van der Waals surface area contributed by atoms with E-state index in [1.165, 1.54) is 12.7 Å². The molecule has 0 radical (unpaired) electrons. The van der Waals surface area contributed by atoms with Gasteiger partial charge in [0, 0.05) is 12.6 Å². The Labute approximate surface area is 123 Å². The molecule has 5 nitrogen and oxygen atoms in total. The molecule has 0 aliphatic carbocycles. The van der Waals surface area contributed by atoms with Crippen LogP contribution >= 0.6 is 11.6 Å². The Morgan fingerprint density at radius 1 is 1.15 bits per heavy atom. The second-order valence-electron chi connectivity index (χ2n) is 4.60. The normalized spacial score (nSPS) is 10.7. The van der Waals surface area contributed by atoms with Crippen molar-refractivity contribution in [1.29, 1.82) is 0 Å². The summed E-state index contributed by atoms with van der Waals surface area (Å²) in [5, 5.41) is 0.130. The van der Waals surface area contributed by atoms with Crippen molar-refractivity contribution in [2.75, 3.05) is 12.0 Å². The van der Waals surface area contributed by atoms with Crippen LogP contribution in [0.3, 0.4) is 0 Å². The minimum absolute atomic E-state index is 0.130. The maximum absolute atomic E-state index is 5.91. The first-order valence-corrected chi connectivity index (χ1v) is 6.74. The molecule has 0 saturated carbocycles. The predicted octanol–water partition coefficient (Wildman–Crippen LogP) is 2.95. The summed E-state index contributed by atoms with van der Waals surface area (Å²) >= 11 is 5.91. The van der Waals surface area contributed by atoms with E-state index in [0.717, 1.165) is 0 Å². The van der Waals surface area contributed by atoms with Crippen molar-refractivity contribution >= 4 is 17.5 Å². The van der Waals surface area contributed by atoms with E-state index in [0.29, 0.717) is 12.5 Å². The second kappa shape index (κ2) is 6.52. The Morgan fingerprint density at radius 2 is 1.85 bits per heavy atom. The fraction of sp³-hybridized carbons (Fsp3) is 0.357. The van der Waals surface area contributed by atoms with Crippen LogP contribution in [0.5, 0.6) is 6.01 Å². The van der Waals surface area contributed by atoms with Gasteiger partial charge in [-0.2, -0.15) is 15.0 Å². The molecule has 1 aromatic heterocycles. The standard InChI is InChI=1S/C14H17ClN4O/c1-10(2)19(9-11-7-5-4-6-8-11)13-16-12(15)17-14(18-13)20-3/h4-8,10H,9H2,1-3H3. The van der Waals surface area contributed by atoms with Crippen LogP contribution in [-0.2, 0) is 6.54 Å². The fourth-order valence-corrected chi connectivity index (χ4v) is 1.95. The first kappa shape index (κ1) is 14.5. The number of ether oxygens (including phenoxy) is 1. The van der Waals surface area contributed by atoms with E-state index in [1.54, 1.807) is 0 Å². The molecular weight excluding hydrogens is 276 g/mol. The summed E-state index contributed by atoms with van der Waals surface area (Å²) in [6.07, 6.45) is 0. The molecule has 20 heavy (non-hydrogen) atoms. The number of anilines is 1. The molecule has 1 aromatic carbocycles. The van der Waals surface area contributed by atoms with Crippen LogP contribution in [0.4, 0.5) is 5.95 Å². The van der Waals surface area contributed by atoms with Crippen LogP contribution in [0.1, 0.15) is 19.4 Å². The third-order valence-corrected chi connectivity index (χ3v) is 3.00. The molecule has 2 aromatic rings. The lowest BCUT2D eigenvalue weighted by atomic mass is 10.2. The molecule has 0 spiro atoms. The van der Waals surface area contributed by atoms with Crippen molar-refractivity contribution in [2.24, 2.45) is 0 Å². The van der Waals surface area contributed by atoms with Gasteiger partial charge in [0.05, 0.1) is 7.11 Å². The molecule has 0 saturated heterocycles. The Hall–Kier alpha value is -1.88. The first-order valence-electron chi connectivity index (χ1n) is 6.36. The highest BCUT2D eigenvalue weighted by Crippen LogP contribution is 2.19. The van der Waals surface area contributed by atoms with Crippen molar-refractivity contribution in [1.82, 2.24) is 15.0 Å². The average Bonchev–Trinajstić information content (AvgIpc) is 2.44. The second-order valence-corrected chi connectivity index (χ2v) is 4.94. The van der Waals surface area contributed by atoms with Crippen LogP contribution in [-0.4, -0.2) is 28.1 Å². The number of benzene rings is 1. The predicted molar refractivity (Wildman–Crippen MR) is 79.2 cm³/mol. The first-order chi connectivity index (χ1) is 9.60. The summed E-state index contributed by atoms with van der Waals surface area (Å²) in [7, 11) is 1.51. The lowest BCUT2D eigenvalue weighted by molar-refractivity contribution is 0.377. The van der Waals surface area contributed by atoms with Gasteiger partial charge >= 0.3 is 6.01 Å². The Balaban J connectivity index is 2.31. The molecule has 0 unspecified atom stereocenters. The molecule has 0 aliphatic rings. The van der Waals surface area contributed by atoms with E-state index in [1.807, 2.05) is 23.1 Å². The molecule has 0 amide bonds. The van der Waals surface area contributed by atoms with Crippen LogP contribution < -0.4 is 9.64 Å². The average molecular weight is 293 g/mol. The third kappa shape index (κ3) is 3.57. The van der Waals surface area contributed by atoms with Crippen molar-refractivity contribution in [3.05, 3.63) is 41.2 Å². The van der Waals surface area contributed by atoms with Gasteiger partial charge in [-0.3, -0.25) is 0 Å². The number of rotatable bonds is 5. The molecule has 0 N–H and O–H groups in total. The van der Waals surface area contributed by atoms with Gasteiger partial charge in [-0.05, 0) is 31.0 Å². The molecule has 106 valence electrons. The topological polar surface area (TPSA) is 51.1 Å². The van der Waals surface area contributed by atoms with Crippen molar-refractivity contribution in [3.8, 4) is 6.01 Å². The molecule has 0 fully saturated rings. The molecule has 0 atom stereocenters. The van der Waals surface area contributed by atoms with Gasteiger partial charge in [-0.1, -0.05) is 30.3 Å². The maximum Gasteiger partial charge on any atom is 0.322 e. The lowest BCUT2D eigenvalue weighted by Gasteiger charge is -2.26. The van der Waals surface area contributed by atoms with Gasteiger partial charge < -0.3 is 9.64 Å². The summed E-state index contributed by atoms with van der Waals surface area (Å²) in [4.78, 5) is 14.4. The fourth-order valence-electron chi connectivity index (χ4n) is 1.81.